The molecule has 2 aromatic heterocycles. The van der Waals surface area contributed by atoms with Gasteiger partial charge in [0, 0.05) is 30.8 Å². The van der Waals surface area contributed by atoms with Gasteiger partial charge in [-0.15, -0.1) is 0 Å². The first kappa shape index (κ1) is 20.5. The first-order valence-electron chi connectivity index (χ1n) is 11.9. The molecule has 5 aliphatic rings. The van der Waals surface area contributed by atoms with Gasteiger partial charge in [-0.05, 0) is 82.1 Å². The van der Waals surface area contributed by atoms with E-state index in [1.807, 2.05) is 4.90 Å². The van der Waals surface area contributed by atoms with Crippen molar-refractivity contribution in [1.82, 2.24) is 19.5 Å². The summed E-state index contributed by atoms with van der Waals surface area (Å²) < 4.78 is 42.1. The lowest BCUT2D eigenvalue weighted by Crippen LogP contribution is -2.55. The molecule has 1 saturated heterocycles. The average molecular weight is 447 g/mol. The highest BCUT2D eigenvalue weighted by atomic mass is 19.4. The van der Waals surface area contributed by atoms with Gasteiger partial charge in [0.05, 0.1) is 11.1 Å². The van der Waals surface area contributed by atoms with Crippen LogP contribution in [0.3, 0.4) is 0 Å². The van der Waals surface area contributed by atoms with Crippen LogP contribution in [0.15, 0.2) is 12.1 Å². The van der Waals surface area contributed by atoms with Gasteiger partial charge in [-0.2, -0.15) is 18.3 Å². The van der Waals surface area contributed by atoms with Crippen molar-refractivity contribution >= 4 is 11.6 Å². The number of carbonyl (C=O) groups is 1. The Labute approximate surface area is 185 Å². The van der Waals surface area contributed by atoms with Crippen LogP contribution in [0.1, 0.15) is 74.4 Å². The molecule has 5 fully saturated rings. The SMILES string of the molecule is Cc1cc2nc([C@@H]3CCCN(C(=O)C45CC6CC(CC(C6)C4)C5)C3)cc(C(F)(F)F)n2n1. The van der Waals surface area contributed by atoms with Crippen LogP contribution >= 0.6 is 0 Å². The Hall–Kier alpha value is -2.12. The summed E-state index contributed by atoms with van der Waals surface area (Å²) in [7, 11) is 0. The predicted molar refractivity (Wildman–Crippen MR) is 112 cm³/mol. The summed E-state index contributed by atoms with van der Waals surface area (Å²) in [5.41, 5.74) is 0.135. The first-order chi connectivity index (χ1) is 15.2. The van der Waals surface area contributed by atoms with Gasteiger partial charge in [0.1, 0.15) is 5.69 Å². The zero-order valence-electron chi connectivity index (χ0n) is 18.4. The summed E-state index contributed by atoms with van der Waals surface area (Å²) in [6, 6.07) is 2.72. The Kier molecular flexibility index (Phi) is 4.44. The van der Waals surface area contributed by atoms with Gasteiger partial charge in [-0.25, -0.2) is 9.50 Å². The maximum atomic E-state index is 13.8. The van der Waals surface area contributed by atoms with E-state index in [0.29, 0.717) is 42.2 Å². The number of aryl methyl sites for hydroxylation is 1. The van der Waals surface area contributed by atoms with E-state index < -0.39 is 11.9 Å². The van der Waals surface area contributed by atoms with Crippen LogP contribution in [-0.2, 0) is 11.0 Å². The van der Waals surface area contributed by atoms with Crippen molar-refractivity contribution in [2.24, 2.45) is 23.2 Å². The molecule has 1 atom stereocenters. The molecule has 1 aliphatic heterocycles. The Bertz CT molecular complexity index is 1040. The van der Waals surface area contributed by atoms with Crippen molar-refractivity contribution < 1.29 is 18.0 Å². The summed E-state index contributed by atoms with van der Waals surface area (Å²) in [6.07, 6.45) is 3.91. The summed E-state index contributed by atoms with van der Waals surface area (Å²) in [6.45, 7) is 2.84. The molecule has 0 radical (unpaired) electrons. The molecule has 7 rings (SSSR count). The van der Waals surface area contributed by atoms with E-state index in [0.717, 1.165) is 42.7 Å². The molecule has 4 bridgehead atoms. The molecule has 172 valence electrons. The van der Waals surface area contributed by atoms with E-state index in [1.165, 1.54) is 19.3 Å². The topological polar surface area (TPSA) is 50.5 Å². The molecular weight excluding hydrogens is 417 g/mol. The number of piperidine rings is 1. The number of alkyl halides is 3. The number of halogens is 3. The van der Waals surface area contributed by atoms with Gasteiger partial charge in [0.15, 0.2) is 5.65 Å². The molecule has 1 amide bonds. The summed E-state index contributed by atoms with van der Waals surface area (Å²) in [5, 5.41) is 3.98. The van der Waals surface area contributed by atoms with Gasteiger partial charge in [0.25, 0.3) is 0 Å². The maximum Gasteiger partial charge on any atom is 0.433 e. The van der Waals surface area contributed by atoms with Crippen molar-refractivity contribution in [2.45, 2.75) is 70.4 Å². The lowest BCUT2D eigenvalue weighted by Gasteiger charge is -2.57. The molecule has 2 aromatic rings. The number of aromatic nitrogens is 3. The van der Waals surface area contributed by atoms with E-state index >= 15 is 0 Å². The number of hydrogen-bond donors (Lipinski definition) is 0. The smallest absolute Gasteiger partial charge is 0.342 e. The number of amides is 1. The Morgan fingerprint density at radius 3 is 2.38 bits per heavy atom. The fraction of sp³-hybridized carbons (Fsp3) is 0.708. The molecule has 0 unspecified atom stereocenters. The minimum atomic E-state index is -4.52. The van der Waals surface area contributed by atoms with Crippen LogP contribution in [0.4, 0.5) is 13.2 Å². The van der Waals surface area contributed by atoms with Crippen molar-refractivity contribution in [1.29, 1.82) is 0 Å². The molecule has 4 aliphatic carbocycles. The molecule has 32 heavy (non-hydrogen) atoms. The molecule has 4 saturated carbocycles. The number of nitrogens with zero attached hydrogens (tertiary/aromatic N) is 4. The van der Waals surface area contributed by atoms with Crippen LogP contribution in [-0.4, -0.2) is 38.5 Å². The van der Waals surface area contributed by atoms with Crippen LogP contribution in [0.25, 0.3) is 5.65 Å². The van der Waals surface area contributed by atoms with Gasteiger partial charge in [-0.3, -0.25) is 4.79 Å². The van der Waals surface area contributed by atoms with Crippen molar-refractivity contribution in [3.8, 4) is 0 Å². The highest BCUT2D eigenvalue weighted by Crippen LogP contribution is 2.60. The lowest BCUT2D eigenvalue weighted by molar-refractivity contribution is -0.159. The number of fused-ring (bicyclic) bond motifs is 1. The molecule has 0 N–H and O–H groups in total. The maximum absolute atomic E-state index is 13.8. The van der Waals surface area contributed by atoms with Crippen LogP contribution in [0.5, 0.6) is 0 Å². The molecule has 0 spiro atoms. The highest BCUT2D eigenvalue weighted by molar-refractivity contribution is 5.83. The standard InChI is InChI=1S/C24H29F3N4O/c1-14-5-21-28-19(9-20(24(25,26)27)31(21)29-14)18-3-2-4-30(13-18)22(32)23-10-15-6-16(11-23)8-17(7-15)12-23/h5,9,15-18H,2-4,6-8,10-13H2,1H3/t15?,16?,17?,18-,23?/m1/s1. The van der Waals surface area contributed by atoms with Crippen LogP contribution < -0.4 is 0 Å². The van der Waals surface area contributed by atoms with Gasteiger partial charge >= 0.3 is 6.18 Å². The van der Waals surface area contributed by atoms with Crippen molar-refractivity contribution in [3.63, 3.8) is 0 Å². The largest absolute Gasteiger partial charge is 0.433 e. The molecule has 8 heteroatoms. The van der Waals surface area contributed by atoms with E-state index in [9.17, 15) is 18.0 Å². The normalized spacial score (nSPS) is 34.4. The molecule has 5 nitrogen and oxygen atoms in total. The summed E-state index contributed by atoms with van der Waals surface area (Å²) in [5.74, 6) is 2.15. The molecular formula is C24H29F3N4O. The summed E-state index contributed by atoms with van der Waals surface area (Å²) >= 11 is 0. The van der Waals surface area contributed by atoms with Gasteiger partial charge in [0.2, 0.25) is 5.91 Å². The third kappa shape index (κ3) is 3.24. The van der Waals surface area contributed by atoms with Crippen molar-refractivity contribution in [2.75, 3.05) is 13.1 Å². The van der Waals surface area contributed by atoms with E-state index in [-0.39, 0.29) is 22.9 Å². The number of carbonyl (C=O) groups excluding carboxylic acids is 1. The Balaban J connectivity index is 1.29. The predicted octanol–water partition coefficient (Wildman–Crippen LogP) is 4.98. The third-order valence-corrected chi connectivity index (χ3v) is 8.48. The number of rotatable bonds is 2. The van der Waals surface area contributed by atoms with Crippen LogP contribution in [0.2, 0.25) is 0 Å². The fourth-order valence-electron chi connectivity index (χ4n) is 7.63. The first-order valence-corrected chi connectivity index (χ1v) is 11.9. The second-order valence-corrected chi connectivity index (χ2v) is 10.9. The average Bonchev–Trinajstić information content (AvgIpc) is 3.10. The van der Waals surface area contributed by atoms with Crippen LogP contribution in [0, 0.1) is 30.1 Å². The van der Waals surface area contributed by atoms with Crippen molar-refractivity contribution in [3.05, 3.63) is 29.2 Å². The van der Waals surface area contributed by atoms with E-state index in [4.69, 9.17) is 0 Å². The number of likely N-dealkylation sites (tertiary alicyclic amines) is 1. The minimum absolute atomic E-state index is 0.178. The van der Waals surface area contributed by atoms with Gasteiger partial charge in [-0.1, -0.05) is 0 Å². The highest BCUT2D eigenvalue weighted by Gasteiger charge is 2.55. The second kappa shape index (κ2) is 6.94. The lowest BCUT2D eigenvalue weighted by atomic mass is 9.49. The third-order valence-electron chi connectivity index (χ3n) is 8.48. The fourth-order valence-corrected chi connectivity index (χ4v) is 7.63. The molecule has 0 aromatic carbocycles. The van der Waals surface area contributed by atoms with E-state index in [1.54, 1.807) is 13.0 Å². The van der Waals surface area contributed by atoms with E-state index in [2.05, 4.69) is 10.1 Å². The minimum Gasteiger partial charge on any atom is -0.342 e. The quantitative estimate of drug-likeness (QED) is 0.654. The monoisotopic (exact) mass is 446 g/mol. The Morgan fingerprint density at radius 1 is 1.09 bits per heavy atom. The number of hydrogen-bond acceptors (Lipinski definition) is 3. The second-order valence-electron chi connectivity index (χ2n) is 10.9. The Morgan fingerprint density at radius 2 is 1.75 bits per heavy atom. The zero-order valence-corrected chi connectivity index (χ0v) is 18.4. The summed E-state index contributed by atoms with van der Waals surface area (Å²) in [4.78, 5) is 20.3. The zero-order chi connectivity index (χ0) is 22.3. The van der Waals surface area contributed by atoms with Gasteiger partial charge < -0.3 is 4.90 Å². The molecule has 3 heterocycles.